The number of pyridine rings is 1. The normalized spacial score (nSPS) is 11.0. The summed E-state index contributed by atoms with van der Waals surface area (Å²) in [6.45, 7) is 0. The summed E-state index contributed by atoms with van der Waals surface area (Å²) < 4.78 is 28.7. The zero-order chi connectivity index (χ0) is 19.6. The molecule has 0 aliphatic rings. The van der Waals surface area contributed by atoms with Gasteiger partial charge in [-0.1, -0.05) is 17.7 Å². The third-order valence-corrected chi connectivity index (χ3v) is 5.20. The number of methoxy groups -OCH3 is 1. The molecule has 3 aromatic rings. The minimum atomic E-state index is -3.86. The topological polar surface area (TPSA) is 106 Å². The highest BCUT2D eigenvalue weighted by atomic mass is 35.5. The summed E-state index contributed by atoms with van der Waals surface area (Å²) >= 11 is 6.11. The number of sulfonamides is 1. The second-order valence-electron chi connectivity index (χ2n) is 5.68. The summed E-state index contributed by atoms with van der Waals surface area (Å²) in [7, 11) is -2.36. The Bertz CT molecular complexity index is 1170. The van der Waals surface area contributed by atoms with Crippen LogP contribution in [0.5, 0.6) is 5.75 Å². The molecule has 0 atom stereocenters. The zero-order valence-corrected chi connectivity index (χ0v) is 15.8. The van der Waals surface area contributed by atoms with Gasteiger partial charge in [-0.05, 0) is 42.0 Å². The number of benzene rings is 2. The highest BCUT2D eigenvalue weighted by Gasteiger charge is 2.14. The SMILES string of the molecule is COc1ccc(S(N)(=O)=O)cc1-c1cncc(-c2ccc(C#N)c(Cl)c2)c1. The average Bonchev–Trinajstić information content (AvgIpc) is 2.66. The monoisotopic (exact) mass is 399 g/mol. The molecule has 6 nitrogen and oxygen atoms in total. The van der Waals surface area contributed by atoms with Gasteiger partial charge in [-0.2, -0.15) is 5.26 Å². The molecule has 8 heteroatoms. The molecule has 0 spiro atoms. The van der Waals surface area contributed by atoms with Crippen LogP contribution in [-0.2, 0) is 10.0 Å². The summed E-state index contributed by atoms with van der Waals surface area (Å²) in [5.41, 5.74) is 3.09. The van der Waals surface area contributed by atoms with Crippen molar-refractivity contribution in [3.63, 3.8) is 0 Å². The Hall–Kier alpha value is -2.92. The molecule has 0 saturated heterocycles. The Labute approximate surface area is 161 Å². The van der Waals surface area contributed by atoms with E-state index in [1.807, 2.05) is 12.1 Å². The number of nitrogens with two attached hydrogens (primary N) is 1. The van der Waals surface area contributed by atoms with Gasteiger partial charge in [-0.3, -0.25) is 4.98 Å². The Balaban J connectivity index is 2.14. The van der Waals surface area contributed by atoms with E-state index in [1.54, 1.807) is 36.7 Å². The Morgan fingerprint density at radius 1 is 1.07 bits per heavy atom. The van der Waals surface area contributed by atoms with E-state index in [0.29, 0.717) is 27.5 Å². The van der Waals surface area contributed by atoms with Crippen molar-refractivity contribution in [3.05, 3.63) is 65.4 Å². The molecule has 2 aromatic carbocycles. The van der Waals surface area contributed by atoms with Gasteiger partial charge in [-0.25, -0.2) is 13.6 Å². The van der Waals surface area contributed by atoms with Crippen molar-refractivity contribution in [3.8, 4) is 34.1 Å². The van der Waals surface area contributed by atoms with Gasteiger partial charge in [0.05, 0.1) is 22.6 Å². The first kappa shape index (κ1) is 18.9. The number of ether oxygens (including phenoxy) is 1. The van der Waals surface area contributed by atoms with Gasteiger partial charge in [0.2, 0.25) is 10.0 Å². The van der Waals surface area contributed by atoms with Crippen LogP contribution in [0, 0.1) is 11.3 Å². The Morgan fingerprint density at radius 3 is 2.44 bits per heavy atom. The van der Waals surface area contributed by atoms with Crippen LogP contribution in [-0.4, -0.2) is 20.5 Å². The molecule has 3 rings (SSSR count). The molecule has 0 radical (unpaired) electrons. The van der Waals surface area contributed by atoms with Crippen molar-refractivity contribution in [2.75, 3.05) is 7.11 Å². The van der Waals surface area contributed by atoms with Crippen molar-refractivity contribution in [2.45, 2.75) is 4.90 Å². The van der Waals surface area contributed by atoms with Crippen molar-refractivity contribution >= 4 is 21.6 Å². The van der Waals surface area contributed by atoms with E-state index in [2.05, 4.69) is 4.98 Å². The molecule has 1 aromatic heterocycles. The van der Waals surface area contributed by atoms with Crippen molar-refractivity contribution in [1.82, 2.24) is 4.98 Å². The molecule has 0 aliphatic carbocycles. The fourth-order valence-electron chi connectivity index (χ4n) is 2.62. The van der Waals surface area contributed by atoms with Gasteiger partial charge in [0, 0.05) is 29.1 Å². The fourth-order valence-corrected chi connectivity index (χ4v) is 3.38. The zero-order valence-electron chi connectivity index (χ0n) is 14.2. The third kappa shape index (κ3) is 3.93. The molecule has 0 bridgehead atoms. The highest BCUT2D eigenvalue weighted by Crippen LogP contribution is 2.34. The standard InChI is InChI=1S/C19H14ClN3O3S/c1-26-19-5-4-16(27(22,24)25)8-17(19)15-6-14(10-23-11-15)12-2-3-13(9-21)18(20)7-12/h2-8,10-11H,1H3,(H2,22,24,25). The van der Waals surface area contributed by atoms with Crippen LogP contribution in [0.1, 0.15) is 5.56 Å². The number of rotatable bonds is 4. The number of nitriles is 1. The molecule has 136 valence electrons. The number of nitrogens with zero attached hydrogens (tertiary/aromatic N) is 2. The van der Waals surface area contributed by atoms with Gasteiger partial charge in [0.1, 0.15) is 11.8 Å². The number of aromatic nitrogens is 1. The average molecular weight is 400 g/mol. The molecule has 0 saturated carbocycles. The minimum Gasteiger partial charge on any atom is -0.496 e. The number of primary sulfonamides is 1. The fraction of sp³-hybridized carbons (Fsp3) is 0.0526. The molecule has 1 heterocycles. The lowest BCUT2D eigenvalue weighted by Crippen LogP contribution is -2.12. The van der Waals surface area contributed by atoms with Crippen LogP contribution in [0.3, 0.4) is 0 Å². The summed E-state index contributed by atoms with van der Waals surface area (Å²) in [5, 5.41) is 14.6. The van der Waals surface area contributed by atoms with E-state index in [1.165, 1.54) is 19.2 Å². The Morgan fingerprint density at radius 2 is 1.81 bits per heavy atom. The van der Waals surface area contributed by atoms with Crippen molar-refractivity contribution in [2.24, 2.45) is 5.14 Å². The molecule has 27 heavy (non-hydrogen) atoms. The van der Waals surface area contributed by atoms with Gasteiger partial charge in [0.25, 0.3) is 0 Å². The van der Waals surface area contributed by atoms with E-state index in [9.17, 15) is 8.42 Å². The first-order valence-electron chi connectivity index (χ1n) is 7.70. The number of hydrogen-bond donors (Lipinski definition) is 1. The van der Waals surface area contributed by atoms with Crippen LogP contribution < -0.4 is 9.88 Å². The molecule has 0 unspecified atom stereocenters. The van der Waals surface area contributed by atoms with E-state index < -0.39 is 10.0 Å². The number of halogens is 1. The lowest BCUT2D eigenvalue weighted by Gasteiger charge is -2.11. The second kappa shape index (κ2) is 7.37. The molecular weight excluding hydrogens is 386 g/mol. The lowest BCUT2D eigenvalue weighted by atomic mass is 10.0. The maximum Gasteiger partial charge on any atom is 0.238 e. The quantitative estimate of drug-likeness (QED) is 0.721. The van der Waals surface area contributed by atoms with Gasteiger partial charge in [0.15, 0.2) is 0 Å². The summed E-state index contributed by atoms with van der Waals surface area (Å²) in [5.74, 6) is 0.485. The first-order chi connectivity index (χ1) is 12.8. The largest absolute Gasteiger partial charge is 0.496 e. The summed E-state index contributed by atoms with van der Waals surface area (Å²) in [4.78, 5) is 4.21. The number of hydrogen-bond acceptors (Lipinski definition) is 5. The van der Waals surface area contributed by atoms with Crippen LogP contribution in [0.4, 0.5) is 0 Å². The Kier molecular flexibility index (Phi) is 5.15. The van der Waals surface area contributed by atoms with Crippen LogP contribution in [0.2, 0.25) is 5.02 Å². The molecular formula is C19H14ClN3O3S. The van der Waals surface area contributed by atoms with Crippen LogP contribution in [0.15, 0.2) is 59.8 Å². The van der Waals surface area contributed by atoms with E-state index in [-0.39, 0.29) is 4.90 Å². The highest BCUT2D eigenvalue weighted by molar-refractivity contribution is 7.89. The van der Waals surface area contributed by atoms with Gasteiger partial charge in [-0.15, -0.1) is 0 Å². The summed E-state index contributed by atoms with van der Waals surface area (Å²) in [6.07, 6.45) is 3.25. The third-order valence-electron chi connectivity index (χ3n) is 3.97. The van der Waals surface area contributed by atoms with Crippen molar-refractivity contribution in [1.29, 1.82) is 5.26 Å². The van der Waals surface area contributed by atoms with E-state index in [0.717, 1.165) is 11.1 Å². The minimum absolute atomic E-state index is 0.0230. The van der Waals surface area contributed by atoms with Crippen LogP contribution >= 0.6 is 11.6 Å². The predicted molar refractivity (Wildman–Crippen MR) is 103 cm³/mol. The second-order valence-corrected chi connectivity index (χ2v) is 7.64. The summed E-state index contributed by atoms with van der Waals surface area (Å²) in [6, 6.07) is 13.3. The predicted octanol–water partition coefficient (Wildman–Crippen LogP) is 3.60. The van der Waals surface area contributed by atoms with Gasteiger partial charge >= 0.3 is 0 Å². The maximum atomic E-state index is 11.7. The lowest BCUT2D eigenvalue weighted by molar-refractivity contribution is 0.416. The molecule has 0 aliphatic heterocycles. The molecule has 2 N–H and O–H groups in total. The van der Waals surface area contributed by atoms with E-state index in [4.69, 9.17) is 26.7 Å². The smallest absolute Gasteiger partial charge is 0.238 e. The molecule has 0 amide bonds. The first-order valence-corrected chi connectivity index (χ1v) is 9.62. The maximum absolute atomic E-state index is 11.7. The van der Waals surface area contributed by atoms with E-state index >= 15 is 0 Å². The van der Waals surface area contributed by atoms with Crippen molar-refractivity contribution < 1.29 is 13.2 Å². The molecule has 0 fully saturated rings. The van der Waals surface area contributed by atoms with Crippen LogP contribution in [0.25, 0.3) is 22.3 Å². The van der Waals surface area contributed by atoms with Gasteiger partial charge < -0.3 is 4.74 Å².